The van der Waals surface area contributed by atoms with Gasteiger partial charge in [-0.05, 0) is 25.7 Å². The van der Waals surface area contributed by atoms with Crippen molar-refractivity contribution in [3.8, 4) is 0 Å². The Labute approximate surface area is 101 Å². The molecule has 1 saturated carbocycles. The summed E-state index contributed by atoms with van der Waals surface area (Å²) in [6.07, 6.45) is 3.91. The van der Waals surface area contributed by atoms with Crippen LogP contribution < -0.4 is 5.32 Å². The summed E-state index contributed by atoms with van der Waals surface area (Å²) in [5, 5.41) is 11.9. The number of hydrogen-bond acceptors (Lipinski definition) is 4. The van der Waals surface area contributed by atoms with Crippen LogP contribution in [0.1, 0.15) is 25.7 Å². The van der Waals surface area contributed by atoms with Crippen molar-refractivity contribution < 1.29 is 18.3 Å². The van der Waals surface area contributed by atoms with E-state index in [9.17, 15) is 13.2 Å². The third-order valence-electron chi connectivity index (χ3n) is 3.48. The maximum absolute atomic E-state index is 12.0. The molecule has 1 heterocycles. The van der Waals surface area contributed by atoms with Gasteiger partial charge in [-0.2, -0.15) is 4.31 Å². The van der Waals surface area contributed by atoms with E-state index in [4.69, 9.17) is 5.11 Å². The second-order valence-electron chi connectivity index (χ2n) is 4.96. The summed E-state index contributed by atoms with van der Waals surface area (Å²) >= 11 is 0. The van der Waals surface area contributed by atoms with Gasteiger partial charge in [0.1, 0.15) is 6.04 Å². The highest BCUT2D eigenvalue weighted by molar-refractivity contribution is 7.88. The predicted molar refractivity (Wildman–Crippen MR) is 61.8 cm³/mol. The Kier molecular flexibility index (Phi) is 3.17. The first-order valence-corrected chi connectivity index (χ1v) is 7.62. The fraction of sp³-hybridized carbons (Fsp3) is 0.900. The Balaban J connectivity index is 2.04. The molecule has 0 aromatic heterocycles. The Hall–Kier alpha value is -0.660. The average Bonchev–Trinajstić information content (AvgIpc) is 2.81. The lowest BCUT2D eigenvalue weighted by atomic mass is 10.2. The summed E-state index contributed by atoms with van der Waals surface area (Å²) in [6.45, 7) is 0.327. The molecule has 0 bridgehead atoms. The lowest BCUT2D eigenvalue weighted by Gasteiger charge is -2.24. The summed E-state index contributed by atoms with van der Waals surface area (Å²) in [4.78, 5) is 12.0. The molecule has 1 saturated heterocycles. The van der Waals surface area contributed by atoms with E-state index < -0.39 is 21.6 Å². The minimum atomic E-state index is -3.33. The first-order chi connectivity index (χ1) is 7.88. The quantitative estimate of drug-likeness (QED) is 0.684. The third-order valence-corrected chi connectivity index (χ3v) is 4.77. The van der Waals surface area contributed by atoms with Gasteiger partial charge in [0.05, 0.1) is 18.4 Å². The lowest BCUT2D eigenvalue weighted by molar-refractivity contribution is -0.125. The second kappa shape index (κ2) is 4.22. The number of amides is 1. The van der Waals surface area contributed by atoms with Crippen LogP contribution in [0.3, 0.4) is 0 Å². The molecular weight excluding hydrogens is 244 g/mol. The van der Waals surface area contributed by atoms with Gasteiger partial charge in [0.15, 0.2) is 0 Å². The van der Waals surface area contributed by atoms with Crippen molar-refractivity contribution in [3.63, 3.8) is 0 Å². The van der Waals surface area contributed by atoms with Crippen molar-refractivity contribution in [1.29, 1.82) is 0 Å². The van der Waals surface area contributed by atoms with Gasteiger partial charge in [0.25, 0.3) is 0 Å². The van der Waals surface area contributed by atoms with Gasteiger partial charge in [-0.15, -0.1) is 0 Å². The number of sulfonamides is 1. The van der Waals surface area contributed by atoms with Crippen molar-refractivity contribution in [2.45, 2.75) is 37.3 Å². The number of aliphatic hydroxyl groups excluding tert-OH is 1. The molecule has 0 spiro atoms. The Bertz CT molecular complexity index is 416. The Morgan fingerprint density at radius 2 is 2.18 bits per heavy atom. The van der Waals surface area contributed by atoms with Gasteiger partial charge in [-0.1, -0.05) is 0 Å². The standard InChI is InChI=1S/C10H18N2O4S/c1-17(15,16)12-6-2-3-8(12)9(14)11-10(7-13)4-5-10/h8,13H,2-7H2,1H3,(H,11,14). The van der Waals surface area contributed by atoms with Crippen molar-refractivity contribution >= 4 is 15.9 Å². The molecule has 2 rings (SSSR count). The molecule has 0 radical (unpaired) electrons. The summed E-state index contributed by atoms with van der Waals surface area (Å²) in [7, 11) is -3.33. The summed E-state index contributed by atoms with van der Waals surface area (Å²) < 4.78 is 24.2. The second-order valence-corrected chi connectivity index (χ2v) is 6.89. The molecule has 0 aromatic carbocycles. The largest absolute Gasteiger partial charge is 0.394 e. The van der Waals surface area contributed by atoms with E-state index >= 15 is 0 Å². The van der Waals surface area contributed by atoms with Crippen molar-refractivity contribution in [3.05, 3.63) is 0 Å². The molecule has 2 fully saturated rings. The van der Waals surface area contributed by atoms with Crippen LogP contribution >= 0.6 is 0 Å². The number of carbonyl (C=O) groups excluding carboxylic acids is 1. The minimum Gasteiger partial charge on any atom is -0.394 e. The molecule has 2 N–H and O–H groups in total. The molecule has 6 nitrogen and oxygen atoms in total. The Morgan fingerprint density at radius 1 is 1.53 bits per heavy atom. The van der Waals surface area contributed by atoms with Gasteiger partial charge in [0, 0.05) is 6.54 Å². The van der Waals surface area contributed by atoms with E-state index in [2.05, 4.69) is 5.32 Å². The molecule has 1 aliphatic carbocycles. The third kappa shape index (κ3) is 2.61. The molecular formula is C10H18N2O4S. The topological polar surface area (TPSA) is 86.7 Å². The number of nitrogens with zero attached hydrogens (tertiary/aromatic N) is 1. The summed E-state index contributed by atoms with van der Waals surface area (Å²) in [6, 6.07) is -0.603. The Morgan fingerprint density at radius 3 is 2.65 bits per heavy atom. The van der Waals surface area contributed by atoms with E-state index in [-0.39, 0.29) is 12.5 Å². The molecule has 17 heavy (non-hydrogen) atoms. The number of rotatable bonds is 4. The zero-order chi connectivity index (χ0) is 12.7. The van der Waals surface area contributed by atoms with Crippen LogP contribution in [0, 0.1) is 0 Å². The van der Waals surface area contributed by atoms with Crippen LogP contribution in [-0.4, -0.2) is 54.7 Å². The number of carbonyl (C=O) groups is 1. The molecule has 1 atom stereocenters. The normalized spacial score (nSPS) is 28.0. The van der Waals surface area contributed by atoms with Crippen molar-refractivity contribution in [1.82, 2.24) is 9.62 Å². The highest BCUT2D eigenvalue weighted by atomic mass is 32.2. The van der Waals surface area contributed by atoms with Gasteiger partial charge < -0.3 is 10.4 Å². The monoisotopic (exact) mass is 262 g/mol. The first-order valence-electron chi connectivity index (χ1n) is 5.78. The number of nitrogens with one attached hydrogen (secondary N) is 1. The predicted octanol–water partition coefficient (Wildman–Crippen LogP) is -0.948. The fourth-order valence-electron chi connectivity index (χ4n) is 2.22. The maximum Gasteiger partial charge on any atom is 0.238 e. The van der Waals surface area contributed by atoms with Crippen LogP contribution in [0.2, 0.25) is 0 Å². The zero-order valence-electron chi connectivity index (χ0n) is 9.85. The van der Waals surface area contributed by atoms with E-state index in [1.165, 1.54) is 4.31 Å². The van der Waals surface area contributed by atoms with Crippen molar-refractivity contribution in [2.24, 2.45) is 0 Å². The lowest BCUT2D eigenvalue weighted by Crippen LogP contribution is -2.50. The van der Waals surface area contributed by atoms with Crippen LogP contribution in [0.5, 0.6) is 0 Å². The van der Waals surface area contributed by atoms with Crippen molar-refractivity contribution in [2.75, 3.05) is 19.4 Å². The first kappa shape index (κ1) is 12.8. The number of aliphatic hydroxyl groups is 1. The molecule has 0 aromatic rings. The smallest absolute Gasteiger partial charge is 0.238 e. The minimum absolute atomic E-state index is 0.0790. The molecule has 98 valence electrons. The molecule has 1 unspecified atom stereocenters. The van der Waals surface area contributed by atoms with E-state index in [0.29, 0.717) is 19.4 Å². The van der Waals surface area contributed by atoms with Crippen LogP contribution in [0.25, 0.3) is 0 Å². The van der Waals surface area contributed by atoms with E-state index in [1.807, 2.05) is 0 Å². The van der Waals surface area contributed by atoms with Gasteiger partial charge in [-0.25, -0.2) is 8.42 Å². The average molecular weight is 262 g/mol. The van der Waals surface area contributed by atoms with Gasteiger partial charge >= 0.3 is 0 Å². The molecule has 1 amide bonds. The van der Waals surface area contributed by atoms with Crippen LogP contribution in [-0.2, 0) is 14.8 Å². The highest BCUT2D eigenvalue weighted by Gasteiger charge is 2.46. The van der Waals surface area contributed by atoms with E-state index in [1.54, 1.807) is 0 Å². The number of hydrogen-bond donors (Lipinski definition) is 2. The highest BCUT2D eigenvalue weighted by Crippen LogP contribution is 2.35. The van der Waals surface area contributed by atoms with Gasteiger partial charge in [0.2, 0.25) is 15.9 Å². The maximum atomic E-state index is 12.0. The molecule has 2 aliphatic rings. The van der Waals surface area contributed by atoms with E-state index in [0.717, 1.165) is 19.1 Å². The van der Waals surface area contributed by atoms with Gasteiger partial charge in [-0.3, -0.25) is 4.79 Å². The summed E-state index contributed by atoms with van der Waals surface area (Å²) in [5.74, 6) is -0.278. The SMILES string of the molecule is CS(=O)(=O)N1CCCC1C(=O)NC1(CO)CC1. The molecule has 7 heteroatoms. The summed E-state index contributed by atoms with van der Waals surface area (Å²) in [5.41, 5.74) is -0.483. The van der Waals surface area contributed by atoms with Crippen LogP contribution in [0.4, 0.5) is 0 Å². The van der Waals surface area contributed by atoms with Crippen LogP contribution in [0.15, 0.2) is 0 Å². The zero-order valence-corrected chi connectivity index (χ0v) is 10.7. The fourth-order valence-corrected chi connectivity index (χ4v) is 3.34. The molecule has 1 aliphatic heterocycles.